The summed E-state index contributed by atoms with van der Waals surface area (Å²) in [6, 6.07) is 18.9. The van der Waals surface area contributed by atoms with Crippen LogP contribution in [0.25, 0.3) is 0 Å². The molecule has 0 atom stereocenters. The zero-order chi connectivity index (χ0) is 18.4. The number of nitrogens with zero attached hydrogens (tertiary/aromatic N) is 1. The van der Waals surface area contributed by atoms with Gasteiger partial charge in [-0.15, -0.1) is 0 Å². The lowest BCUT2D eigenvalue weighted by Gasteiger charge is -2.11. The highest BCUT2D eigenvalue weighted by atomic mass is 32.2. The van der Waals surface area contributed by atoms with E-state index in [0.717, 1.165) is 0 Å². The molecule has 3 rings (SSSR count). The average molecular weight is 368 g/mol. The fraction of sp³-hybridized carbons (Fsp3) is 0.150. The quantitative estimate of drug-likeness (QED) is 0.697. The zero-order valence-electron chi connectivity index (χ0n) is 14.2. The number of nitrogens with one attached hydrogen (secondary N) is 1. The Morgan fingerprint density at radius 2 is 1.54 bits per heavy atom. The van der Waals surface area contributed by atoms with Crippen molar-refractivity contribution in [3.63, 3.8) is 0 Å². The van der Waals surface area contributed by atoms with Crippen molar-refractivity contribution >= 4 is 15.7 Å². The first-order chi connectivity index (χ1) is 12.6. The van der Waals surface area contributed by atoms with E-state index in [4.69, 9.17) is 0 Å². The van der Waals surface area contributed by atoms with Gasteiger partial charge in [-0.05, 0) is 35.9 Å². The second-order valence-corrected chi connectivity index (χ2v) is 7.90. The highest BCUT2D eigenvalue weighted by molar-refractivity contribution is 7.90. The Morgan fingerprint density at radius 3 is 2.27 bits per heavy atom. The molecule has 6 heteroatoms. The summed E-state index contributed by atoms with van der Waals surface area (Å²) in [6.07, 6.45) is 3.85. The van der Waals surface area contributed by atoms with Crippen LogP contribution in [-0.4, -0.2) is 25.4 Å². The van der Waals surface area contributed by atoms with Crippen LogP contribution < -0.4 is 5.32 Å². The van der Waals surface area contributed by atoms with Crippen molar-refractivity contribution in [2.75, 3.05) is 6.54 Å². The van der Waals surface area contributed by atoms with Gasteiger partial charge in [0.25, 0.3) is 5.91 Å². The number of hydrogen-bond donors (Lipinski definition) is 1. The highest BCUT2D eigenvalue weighted by Crippen LogP contribution is 2.19. The summed E-state index contributed by atoms with van der Waals surface area (Å²) in [5, 5.41) is 2.85. The van der Waals surface area contributed by atoms with E-state index in [1.165, 1.54) is 0 Å². The SMILES string of the molecule is O=C(NCCn1cccc1)c1ccccc1CS(=O)(=O)c1ccccc1. The van der Waals surface area contributed by atoms with Gasteiger partial charge in [0.2, 0.25) is 0 Å². The van der Waals surface area contributed by atoms with Crippen molar-refractivity contribution in [1.82, 2.24) is 9.88 Å². The summed E-state index contributed by atoms with van der Waals surface area (Å²) >= 11 is 0. The maximum atomic E-state index is 12.6. The van der Waals surface area contributed by atoms with E-state index in [1.807, 2.05) is 29.1 Å². The molecule has 0 radical (unpaired) electrons. The number of carbonyl (C=O) groups excluding carboxylic acids is 1. The Balaban J connectivity index is 1.72. The van der Waals surface area contributed by atoms with Crippen LogP contribution in [0, 0.1) is 0 Å². The minimum absolute atomic E-state index is 0.210. The van der Waals surface area contributed by atoms with Crippen LogP contribution in [0.1, 0.15) is 15.9 Å². The first kappa shape index (κ1) is 17.9. The average Bonchev–Trinajstić information content (AvgIpc) is 3.16. The van der Waals surface area contributed by atoms with Crippen molar-refractivity contribution in [2.45, 2.75) is 17.2 Å². The Labute approximate surface area is 153 Å². The summed E-state index contributed by atoms with van der Waals surface area (Å²) in [6.45, 7) is 1.12. The van der Waals surface area contributed by atoms with Crippen molar-refractivity contribution in [1.29, 1.82) is 0 Å². The molecule has 0 spiro atoms. The Bertz CT molecular complexity index is 965. The Hall–Kier alpha value is -2.86. The highest BCUT2D eigenvalue weighted by Gasteiger charge is 2.19. The summed E-state index contributed by atoms with van der Waals surface area (Å²) < 4.78 is 27.2. The van der Waals surface area contributed by atoms with Gasteiger partial charge in [-0.25, -0.2) is 8.42 Å². The maximum absolute atomic E-state index is 12.6. The maximum Gasteiger partial charge on any atom is 0.251 e. The number of carbonyl (C=O) groups is 1. The second kappa shape index (κ2) is 8.01. The molecule has 134 valence electrons. The summed E-state index contributed by atoms with van der Waals surface area (Å²) in [5.41, 5.74) is 0.884. The van der Waals surface area contributed by atoms with Gasteiger partial charge < -0.3 is 9.88 Å². The topological polar surface area (TPSA) is 68.2 Å². The molecule has 2 aromatic carbocycles. The van der Waals surface area contributed by atoms with E-state index in [9.17, 15) is 13.2 Å². The van der Waals surface area contributed by atoms with Crippen molar-refractivity contribution in [2.24, 2.45) is 0 Å². The monoisotopic (exact) mass is 368 g/mol. The molecule has 3 aromatic rings. The molecular weight excluding hydrogens is 348 g/mol. The number of amides is 1. The van der Waals surface area contributed by atoms with Crippen LogP contribution in [0.15, 0.2) is 84.0 Å². The van der Waals surface area contributed by atoms with Crippen LogP contribution >= 0.6 is 0 Å². The lowest BCUT2D eigenvalue weighted by Crippen LogP contribution is -2.28. The first-order valence-electron chi connectivity index (χ1n) is 8.31. The van der Waals surface area contributed by atoms with Gasteiger partial charge in [-0.1, -0.05) is 36.4 Å². The van der Waals surface area contributed by atoms with E-state index in [2.05, 4.69) is 5.32 Å². The summed E-state index contributed by atoms with van der Waals surface area (Å²) in [5.74, 6) is -0.478. The van der Waals surface area contributed by atoms with Crippen LogP contribution in [0.5, 0.6) is 0 Å². The molecule has 1 amide bonds. The van der Waals surface area contributed by atoms with E-state index < -0.39 is 9.84 Å². The molecule has 0 bridgehead atoms. The van der Waals surface area contributed by atoms with Gasteiger partial charge in [0.1, 0.15) is 0 Å². The van der Waals surface area contributed by atoms with Gasteiger partial charge >= 0.3 is 0 Å². The molecule has 0 unspecified atom stereocenters. The normalized spacial score (nSPS) is 11.2. The third-order valence-electron chi connectivity index (χ3n) is 4.03. The zero-order valence-corrected chi connectivity index (χ0v) is 15.0. The molecule has 0 aliphatic carbocycles. The molecule has 1 heterocycles. The molecule has 1 aromatic heterocycles. The smallest absolute Gasteiger partial charge is 0.251 e. The second-order valence-electron chi connectivity index (χ2n) is 5.91. The number of rotatable bonds is 7. The molecule has 26 heavy (non-hydrogen) atoms. The van der Waals surface area contributed by atoms with Gasteiger partial charge in [0.15, 0.2) is 9.84 Å². The number of aromatic nitrogens is 1. The number of benzene rings is 2. The van der Waals surface area contributed by atoms with E-state index in [0.29, 0.717) is 24.2 Å². The molecule has 0 saturated carbocycles. The molecule has 0 fully saturated rings. The van der Waals surface area contributed by atoms with Gasteiger partial charge in [0.05, 0.1) is 10.6 Å². The van der Waals surface area contributed by atoms with E-state index >= 15 is 0 Å². The number of sulfone groups is 1. The molecule has 5 nitrogen and oxygen atoms in total. The minimum atomic E-state index is -3.51. The lowest BCUT2D eigenvalue weighted by molar-refractivity contribution is 0.0951. The minimum Gasteiger partial charge on any atom is -0.353 e. The molecular formula is C20H20N2O3S. The predicted molar refractivity (Wildman–Crippen MR) is 101 cm³/mol. The van der Waals surface area contributed by atoms with Crippen molar-refractivity contribution in [3.05, 3.63) is 90.3 Å². The van der Waals surface area contributed by atoms with Crippen LogP contribution in [0.4, 0.5) is 0 Å². The molecule has 1 N–H and O–H groups in total. The fourth-order valence-corrected chi connectivity index (χ4v) is 4.10. The number of hydrogen-bond acceptors (Lipinski definition) is 3. The van der Waals surface area contributed by atoms with Crippen LogP contribution in [-0.2, 0) is 22.1 Å². The molecule has 0 aliphatic rings. The van der Waals surface area contributed by atoms with Gasteiger partial charge in [0, 0.05) is 31.0 Å². The largest absolute Gasteiger partial charge is 0.353 e. The van der Waals surface area contributed by atoms with Gasteiger partial charge in [-0.3, -0.25) is 4.79 Å². The van der Waals surface area contributed by atoms with E-state index in [1.54, 1.807) is 54.6 Å². The van der Waals surface area contributed by atoms with Gasteiger partial charge in [-0.2, -0.15) is 0 Å². The summed E-state index contributed by atoms with van der Waals surface area (Å²) in [4.78, 5) is 12.8. The van der Waals surface area contributed by atoms with Crippen molar-refractivity contribution in [3.8, 4) is 0 Å². The standard InChI is InChI=1S/C20H20N2O3S/c23-20(21-12-15-22-13-6-7-14-22)19-11-5-4-8-17(19)16-26(24,25)18-9-2-1-3-10-18/h1-11,13-14H,12,15-16H2,(H,21,23). The molecule has 0 aliphatic heterocycles. The Morgan fingerprint density at radius 1 is 0.885 bits per heavy atom. The predicted octanol–water partition coefficient (Wildman–Crippen LogP) is 2.89. The van der Waals surface area contributed by atoms with Crippen molar-refractivity contribution < 1.29 is 13.2 Å². The third kappa shape index (κ3) is 4.40. The lowest BCUT2D eigenvalue weighted by atomic mass is 10.1. The fourth-order valence-electron chi connectivity index (χ4n) is 2.70. The summed E-state index contributed by atoms with van der Waals surface area (Å²) in [7, 11) is -3.51. The van der Waals surface area contributed by atoms with Crippen LogP contribution in [0.3, 0.4) is 0 Å². The first-order valence-corrected chi connectivity index (χ1v) is 9.96. The Kier molecular flexibility index (Phi) is 5.53. The van der Waals surface area contributed by atoms with E-state index in [-0.39, 0.29) is 16.6 Å². The molecule has 0 saturated heterocycles. The third-order valence-corrected chi connectivity index (χ3v) is 5.71. The van der Waals surface area contributed by atoms with Crippen LogP contribution in [0.2, 0.25) is 0 Å².